The lowest BCUT2D eigenvalue weighted by Gasteiger charge is -2.26. The van der Waals surface area contributed by atoms with Crippen LogP contribution in [0.5, 0.6) is 0 Å². The Labute approximate surface area is 127 Å². The average Bonchev–Trinajstić information content (AvgIpc) is 2.76. The summed E-state index contributed by atoms with van der Waals surface area (Å²) in [5, 5.41) is 7.43. The fourth-order valence-electron chi connectivity index (χ4n) is 2.37. The molecule has 0 amide bonds. The Bertz CT molecular complexity index is 520. The molecule has 1 aromatic heterocycles. The van der Waals surface area contributed by atoms with Crippen LogP contribution < -0.4 is 4.72 Å². The zero-order chi connectivity index (χ0) is 14.6. The van der Waals surface area contributed by atoms with Gasteiger partial charge in [0, 0.05) is 13.6 Å². The van der Waals surface area contributed by atoms with E-state index in [1.165, 1.54) is 23.9 Å². The predicted molar refractivity (Wildman–Crippen MR) is 78.8 cm³/mol. The number of hydrogen-bond donors (Lipinski definition) is 1. The summed E-state index contributed by atoms with van der Waals surface area (Å²) in [6.07, 6.45) is 4.62. The molecule has 0 saturated carbocycles. The number of aryl methyl sites for hydroxylation is 1. The number of rotatable bonds is 6. The van der Waals surface area contributed by atoms with Crippen molar-refractivity contribution in [2.75, 3.05) is 26.2 Å². The van der Waals surface area contributed by atoms with Crippen LogP contribution in [0, 0.1) is 0 Å². The first-order valence-corrected chi connectivity index (χ1v) is 9.05. The molecule has 2 rings (SSSR count). The van der Waals surface area contributed by atoms with Crippen molar-refractivity contribution in [1.82, 2.24) is 24.6 Å². The third-order valence-corrected chi connectivity index (χ3v) is 5.73. The topological polar surface area (TPSA) is 80.1 Å². The van der Waals surface area contributed by atoms with Gasteiger partial charge in [-0.2, -0.15) is 0 Å². The summed E-state index contributed by atoms with van der Waals surface area (Å²) in [6, 6.07) is 0. The van der Waals surface area contributed by atoms with Gasteiger partial charge in [0.05, 0.1) is 0 Å². The Morgan fingerprint density at radius 3 is 2.60 bits per heavy atom. The highest BCUT2D eigenvalue weighted by molar-refractivity contribution is 9.10. The van der Waals surface area contributed by atoms with Crippen LogP contribution >= 0.6 is 15.9 Å². The Balaban J connectivity index is 1.81. The van der Waals surface area contributed by atoms with Crippen LogP contribution in [0.3, 0.4) is 0 Å². The van der Waals surface area contributed by atoms with Gasteiger partial charge in [-0.1, -0.05) is 11.6 Å². The number of sulfonamides is 1. The summed E-state index contributed by atoms with van der Waals surface area (Å²) < 4.78 is 28.3. The number of nitrogens with one attached hydrogen (secondary N) is 1. The van der Waals surface area contributed by atoms with Crippen molar-refractivity contribution in [3.63, 3.8) is 0 Å². The second kappa shape index (κ2) is 6.97. The highest BCUT2D eigenvalue weighted by Crippen LogP contribution is 2.17. The van der Waals surface area contributed by atoms with E-state index >= 15 is 0 Å². The van der Waals surface area contributed by atoms with E-state index < -0.39 is 10.0 Å². The molecule has 1 aromatic rings. The molecule has 0 atom stereocenters. The third kappa shape index (κ3) is 4.00. The van der Waals surface area contributed by atoms with Gasteiger partial charge in [0.15, 0.2) is 4.60 Å². The number of nitrogens with zero attached hydrogens (tertiary/aromatic N) is 4. The van der Waals surface area contributed by atoms with Crippen molar-refractivity contribution in [3.8, 4) is 0 Å². The lowest BCUT2D eigenvalue weighted by Crippen LogP contribution is -2.33. The van der Waals surface area contributed by atoms with E-state index in [2.05, 4.69) is 35.9 Å². The van der Waals surface area contributed by atoms with Crippen molar-refractivity contribution in [2.24, 2.45) is 7.05 Å². The van der Waals surface area contributed by atoms with E-state index in [-0.39, 0.29) is 9.63 Å². The number of hydrogen-bond acceptors (Lipinski definition) is 5. The van der Waals surface area contributed by atoms with Crippen molar-refractivity contribution >= 4 is 26.0 Å². The number of aromatic nitrogens is 3. The molecule has 0 aliphatic carbocycles. The third-order valence-electron chi connectivity index (χ3n) is 3.38. The minimum Gasteiger partial charge on any atom is -0.303 e. The van der Waals surface area contributed by atoms with Crippen molar-refractivity contribution in [3.05, 3.63) is 4.60 Å². The summed E-state index contributed by atoms with van der Waals surface area (Å²) in [5.41, 5.74) is 0. The van der Waals surface area contributed by atoms with Crippen molar-refractivity contribution < 1.29 is 8.42 Å². The fourth-order valence-corrected chi connectivity index (χ4v) is 4.53. The van der Waals surface area contributed by atoms with E-state index in [9.17, 15) is 8.42 Å². The van der Waals surface area contributed by atoms with Gasteiger partial charge in [0.2, 0.25) is 5.03 Å². The Kier molecular flexibility index (Phi) is 5.53. The minimum absolute atomic E-state index is 0.0653. The van der Waals surface area contributed by atoms with Crippen molar-refractivity contribution in [1.29, 1.82) is 0 Å². The first-order chi connectivity index (χ1) is 9.50. The van der Waals surface area contributed by atoms with E-state index in [4.69, 9.17) is 0 Å². The lowest BCUT2D eigenvalue weighted by atomic mass is 10.1. The second-order valence-corrected chi connectivity index (χ2v) is 7.40. The summed E-state index contributed by atoms with van der Waals surface area (Å²) in [4.78, 5) is 2.39. The van der Waals surface area contributed by atoms with Gasteiger partial charge in [-0.15, -0.1) is 5.10 Å². The number of likely N-dealkylation sites (tertiary alicyclic amines) is 1. The van der Waals surface area contributed by atoms with Crippen LogP contribution in [-0.4, -0.2) is 54.5 Å². The molecule has 20 heavy (non-hydrogen) atoms. The van der Waals surface area contributed by atoms with Crippen LogP contribution in [-0.2, 0) is 17.1 Å². The highest BCUT2D eigenvalue weighted by atomic mass is 79.9. The first kappa shape index (κ1) is 15.9. The quantitative estimate of drug-likeness (QED) is 0.751. The first-order valence-electron chi connectivity index (χ1n) is 6.78. The largest absolute Gasteiger partial charge is 0.303 e. The van der Waals surface area contributed by atoms with Gasteiger partial charge in [-0.05, 0) is 54.8 Å². The maximum absolute atomic E-state index is 12.1. The molecule has 9 heteroatoms. The van der Waals surface area contributed by atoms with Crippen LogP contribution in [0.1, 0.15) is 25.7 Å². The van der Waals surface area contributed by atoms with Crippen LogP contribution in [0.25, 0.3) is 0 Å². The molecule has 1 fully saturated rings. The molecule has 1 aliphatic heterocycles. The molecule has 1 N–H and O–H groups in total. The average molecular weight is 366 g/mol. The maximum Gasteiger partial charge on any atom is 0.260 e. The SMILES string of the molecule is Cn1nnc(Br)c1S(=O)(=O)NCCCN1CCCCC1. The van der Waals surface area contributed by atoms with E-state index in [0.717, 1.165) is 26.1 Å². The van der Waals surface area contributed by atoms with E-state index in [1.54, 1.807) is 7.05 Å². The van der Waals surface area contributed by atoms with E-state index in [0.29, 0.717) is 6.54 Å². The Morgan fingerprint density at radius 2 is 2.00 bits per heavy atom. The molecule has 1 aliphatic rings. The van der Waals surface area contributed by atoms with Gasteiger partial charge >= 0.3 is 0 Å². The predicted octanol–water partition coefficient (Wildman–Crippen LogP) is 0.732. The molecule has 0 radical (unpaired) electrons. The van der Waals surface area contributed by atoms with Gasteiger partial charge in [0.25, 0.3) is 10.0 Å². The number of piperidine rings is 1. The van der Waals surface area contributed by atoms with Gasteiger partial charge < -0.3 is 4.90 Å². The van der Waals surface area contributed by atoms with Crippen molar-refractivity contribution in [2.45, 2.75) is 30.7 Å². The second-order valence-electron chi connectivity index (χ2n) is 4.96. The molecular formula is C11H20BrN5O2S. The zero-order valence-electron chi connectivity index (χ0n) is 11.5. The number of halogens is 1. The normalized spacial score (nSPS) is 17.5. The van der Waals surface area contributed by atoms with Crippen LogP contribution in [0.2, 0.25) is 0 Å². The van der Waals surface area contributed by atoms with Gasteiger partial charge in [-0.3, -0.25) is 0 Å². The summed E-state index contributed by atoms with van der Waals surface area (Å²) in [7, 11) is -2.00. The molecule has 7 nitrogen and oxygen atoms in total. The molecule has 0 spiro atoms. The van der Waals surface area contributed by atoms with Gasteiger partial charge in [0.1, 0.15) is 0 Å². The molecule has 0 aromatic carbocycles. The summed E-state index contributed by atoms with van der Waals surface area (Å²) in [5.74, 6) is 0. The summed E-state index contributed by atoms with van der Waals surface area (Å²) >= 11 is 3.10. The molecule has 1 saturated heterocycles. The molecular weight excluding hydrogens is 346 g/mol. The molecule has 2 heterocycles. The summed E-state index contributed by atoms with van der Waals surface area (Å²) in [6.45, 7) is 3.62. The fraction of sp³-hybridized carbons (Fsp3) is 0.818. The standard InChI is InChI=1S/C11H20BrN5O2S/c1-16-11(10(12)14-15-16)20(18,19)13-6-5-9-17-7-3-2-4-8-17/h13H,2-9H2,1H3. The Hall–Kier alpha value is -0.510. The maximum atomic E-state index is 12.1. The molecule has 114 valence electrons. The van der Waals surface area contributed by atoms with E-state index in [1.807, 2.05) is 0 Å². The molecule has 0 bridgehead atoms. The van der Waals surface area contributed by atoms with Crippen LogP contribution in [0.15, 0.2) is 9.63 Å². The molecule has 0 unspecified atom stereocenters. The lowest BCUT2D eigenvalue weighted by molar-refractivity contribution is 0.227. The Morgan fingerprint density at radius 1 is 1.30 bits per heavy atom. The monoisotopic (exact) mass is 365 g/mol. The minimum atomic E-state index is -3.56. The smallest absolute Gasteiger partial charge is 0.260 e. The van der Waals surface area contributed by atoms with Crippen LogP contribution in [0.4, 0.5) is 0 Å². The highest BCUT2D eigenvalue weighted by Gasteiger charge is 2.23. The zero-order valence-corrected chi connectivity index (χ0v) is 14.0. The van der Waals surface area contributed by atoms with Gasteiger partial charge in [-0.25, -0.2) is 17.8 Å².